The Kier molecular flexibility index (Phi) is 8.69. The number of sulfonamides is 1. The first-order valence-electron chi connectivity index (χ1n) is 12.1. The maximum Gasteiger partial charge on any atom is 0.317 e. The molecule has 0 radical (unpaired) electrons. The smallest absolute Gasteiger partial charge is 0.317 e. The molecule has 12 nitrogen and oxygen atoms in total. The van der Waals surface area contributed by atoms with E-state index >= 15 is 0 Å². The molecule has 1 aromatic heterocycles. The van der Waals surface area contributed by atoms with Gasteiger partial charge in [0, 0.05) is 38.8 Å². The standard InChI is InChI=1S/C24H36N6O6S/c1-15(2)26-24(33)29(6)11-20-16(3)10-30(17(4)13-31)23(32)18-8-7-9-19(22(18)36-20)27-37(34,35)21-12-28(5)14-25-21/h7-9,12,14-17,20,27,31H,10-11,13H2,1-6H3,(H,26,33)/t16-,17+,20+/m1/s1. The molecule has 3 amide bonds. The van der Waals surface area contributed by atoms with E-state index in [0.717, 1.165) is 0 Å². The highest BCUT2D eigenvalue weighted by atomic mass is 32.2. The van der Waals surface area contributed by atoms with Gasteiger partial charge < -0.3 is 29.5 Å². The van der Waals surface area contributed by atoms with Crippen molar-refractivity contribution in [2.75, 3.05) is 31.5 Å². The Morgan fingerprint density at radius 3 is 2.62 bits per heavy atom. The van der Waals surface area contributed by atoms with Crippen molar-refractivity contribution in [3.05, 3.63) is 36.3 Å². The molecule has 2 heterocycles. The summed E-state index contributed by atoms with van der Waals surface area (Å²) in [5, 5.41) is 12.5. The predicted octanol–water partition coefficient (Wildman–Crippen LogP) is 1.49. The molecule has 3 rings (SSSR count). The first kappa shape index (κ1) is 28.3. The molecule has 0 fully saturated rings. The van der Waals surface area contributed by atoms with Crippen LogP contribution >= 0.6 is 0 Å². The largest absolute Gasteiger partial charge is 0.485 e. The van der Waals surface area contributed by atoms with E-state index in [0.29, 0.717) is 0 Å². The van der Waals surface area contributed by atoms with Gasteiger partial charge in [-0.2, -0.15) is 8.42 Å². The van der Waals surface area contributed by atoms with Crippen LogP contribution in [0, 0.1) is 5.92 Å². The first-order valence-corrected chi connectivity index (χ1v) is 13.6. The number of carbonyl (C=O) groups is 2. The number of amides is 3. The average Bonchev–Trinajstić information content (AvgIpc) is 3.27. The molecule has 0 saturated carbocycles. The van der Waals surface area contributed by atoms with Gasteiger partial charge in [0.1, 0.15) is 6.10 Å². The molecule has 13 heteroatoms. The average molecular weight is 537 g/mol. The highest BCUT2D eigenvalue weighted by molar-refractivity contribution is 7.92. The number of fused-ring (bicyclic) bond motifs is 1. The van der Waals surface area contributed by atoms with E-state index in [1.165, 1.54) is 28.1 Å². The maximum absolute atomic E-state index is 13.6. The van der Waals surface area contributed by atoms with Crippen LogP contribution in [0.25, 0.3) is 0 Å². The number of nitrogens with one attached hydrogen (secondary N) is 2. The lowest BCUT2D eigenvalue weighted by atomic mass is 9.99. The third-order valence-corrected chi connectivity index (χ3v) is 7.35. The second-order valence-electron chi connectivity index (χ2n) is 9.77. The van der Waals surface area contributed by atoms with Gasteiger partial charge in [-0.25, -0.2) is 9.78 Å². The molecule has 0 spiro atoms. The molecular formula is C24H36N6O6S. The van der Waals surface area contributed by atoms with Crippen LogP contribution in [-0.4, -0.2) is 89.7 Å². The lowest BCUT2D eigenvalue weighted by molar-refractivity contribution is 0.0369. The predicted molar refractivity (Wildman–Crippen MR) is 138 cm³/mol. The van der Waals surface area contributed by atoms with Gasteiger partial charge in [-0.05, 0) is 32.9 Å². The van der Waals surface area contributed by atoms with Crippen molar-refractivity contribution >= 4 is 27.6 Å². The molecule has 1 aromatic carbocycles. The number of hydrogen-bond donors (Lipinski definition) is 3. The summed E-state index contributed by atoms with van der Waals surface area (Å²) in [5.41, 5.74) is 0.217. The molecule has 0 bridgehead atoms. The minimum atomic E-state index is -4.08. The number of aliphatic hydroxyl groups excluding tert-OH is 1. The van der Waals surface area contributed by atoms with E-state index in [1.807, 2.05) is 20.8 Å². The molecule has 1 aliphatic heterocycles. The fourth-order valence-corrected chi connectivity index (χ4v) is 5.02. The van der Waals surface area contributed by atoms with Crippen LogP contribution in [0.2, 0.25) is 0 Å². The van der Waals surface area contributed by atoms with Crippen molar-refractivity contribution in [1.29, 1.82) is 0 Å². The number of nitrogens with zero attached hydrogens (tertiary/aromatic N) is 4. The third kappa shape index (κ3) is 6.52. The van der Waals surface area contributed by atoms with E-state index in [1.54, 1.807) is 38.1 Å². The number of aryl methyl sites for hydroxylation is 1. The van der Waals surface area contributed by atoms with Gasteiger partial charge in [0.15, 0.2) is 10.8 Å². The number of imidazole rings is 1. The molecule has 3 atom stereocenters. The van der Waals surface area contributed by atoms with Crippen LogP contribution in [-0.2, 0) is 17.1 Å². The summed E-state index contributed by atoms with van der Waals surface area (Å²) in [7, 11) is -0.787. The summed E-state index contributed by atoms with van der Waals surface area (Å²) < 4.78 is 36.4. The second-order valence-corrected chi connectivity index (χ2v) is 11.4. The Hall–Kier alpha value is -3.32. The van der Waals surface area contributed by atoms with E-state index in [2.05, 4.69) is 15.0 Å². The van der Waals surface area contributed by atoms with Crippen molar-refractivity contribution < 1.29 is 27.9 Å². The molecule has 0 saturated heterocycles. The van der Waals surface area contributed by atoms with E-state index in [-0.39, 0.29) is 59.7 Å². The number of urea groups is 1. The fraction of sp³-hybridized carbons (Fsp3) is 0.542. The second kappa shape index (κ2) is 11.4. The topological polar surface area (TPSA) is 146 Å². The lowest BCUT2D eigenvalue weighted by Crippen LogP contribution is -2.51. The minimum Gasteiger partial charge on any atom is -0.485 e. The fourth-order valence-electron chi connectivity index (χ4n) is 3.98. The minimum absolute atomic E-state index is 0.0522. The Bertz CT molecular complexity index is 1230. The lowest BCUT2D eigenvalue weighted by Gasteiger charge is -2.38. The van der Waals surface area contributed by atoms with Crippen molar-refractivity contribution in [2.45, 2.75) is 50.9 Å². The molecule has 1 aliphatic rings. The van der Waals surface area contributed by atoms with Gasteiger partial charge in [-0.1, -0.05) is 13.0 Å². The van der Waals surface area contributed by atoms with Crippen molar-refractivity contribution in [3.63, 3.8) is 0 Å². The number of aliphatic hydroxyl groups is 1. The number of hydrogen-bond acceptors (Lipinski definition) is 7. The molecule has 204 valence electrons. The summed E-state index contributed by atoms with van der Waals surface area (Å²) >= 11 is 0. The van der Waals surface area contributed by atoms with Gasteiger partial charge in [0.2, 0.25) is 0 Å². The van der Waals surface area contributed by atoms with E-state index < -0.39 is 28.1 Å². The monoisotopic (exact) mass is 536 g/mol. The number of benzene rings is 1. The van der Waals surface area contributed by atoms with Gasteiger partial charge in [0.25, 0.3) is 15.9 Å². The number of rotatable bonds is 8. The van der Waals surface area contributed by atoms with Crippen molar-refractivity contribution in [3.8, 4) is 5.75 Å². The number of ether oxygens (including phenoxy) is 1. The van der Waals surface area contributed by atoms with E-state index in [9.17, 15) is 23.1 Å². The van der Waals surface area contributed by atoms with Crippen LogP contribution in [0.15, 0.2) is 35.7 Å². The third-order valence-electron chi connectivity index (χ3n) is 6.10. The first-order chi connectivity index (χ1) is 17.3. The number of carbonyl (C=O) groups excluding carboxylic acids is 2. The maximum atomic E-state index is 13.6. The summed E-state index contributed by atoms with van der Waals surface area (Å²) in [6.07, 6.45) is 2.14. The zero-order chi connectivity index (χ0) is 27.5. The molecule has 0 aliphatic carbocycles. The summed E-state index contributed by atoms with van der Waals surface area (Å²) in [5.74, 6) is -0.608. The quantitative estimate of drug-likeness (QED) is 0.463. The Morgan fingerprint density at radius 1 is 1.32 bits per heavy atom. The highest BCUT2D eigenvalue weighted by Gasteiger charge is 2.35. The van der Waals surface area contributed by atoms with Gasteiger partial charge >= 0.3 is 6.03 Å². The van der Waals surface area contributed by atoms with Crippen molar-refractivity contribution in [1.82, 2.24) is 24.7 Å². The van der Waals surface area contributed by atoms with Crippen molar-refractivity contribution in [2.24, 2.45) is 13.0 Å². The van der Waals surface area contributed by atoms with Crippen LogP contribution in [0.4, 0.5) is 10.5 Å². The summed E-state index contributed by atoms with van der Waals surface area (Å²) in [6, 6.07) is 3.78. The molecular weight excluding hydrogens is 500 g/mol. The Morgan fingerprint density at radius 2 is 2.03 bits per heavy atom. The van der Waals surface area contributed by atoms with Crippen LogP contribution in [0.3, 0.4) is 0 Å². The Balaban J connectivity index is 2.05. The van der Waals surface area contributed by atoms with Crippen LogP contribution < -0.4 is 14.8 Å². The SMILES string of the molecule is CC(C)NC(=O)N(C)C[C@@H]1Oc2c(NS(=O)(=O)c3cn(C)cn3)cccc2C(=O)N([C@@H](C)CO)C[C@H]1C. The number of para-hydroxylation sites is 1. The normalized spacial score (nSPS) is 18.9. The molecule has 2 aromatic rings. The Labute approximate surface area is 217 Å². The number of aromatic nitrogens is 2. The molecule has 0 unspecified atom stereocenters. The summed E-state index contributed by atoms with van der Waals surface area (Å²) in [6.45, 7) is 7.53. The molecule has 3 N–H and O–H groups in total. The van der Waals surface area contributed by atoms with Crippen LogP contribution in [0.1, 0.15) is 38.1 Å². The zero-order valence-corrected chi connectivity index (χ0v) is 22.8. The van der Waals surface area contributed by atoms with Gasteiger partial charge in [0.05, 0.1) is 36.8 Å². The summed E-state index contributed by atoms with van der Waals surface area (Å²) in [4.78, 5) is 33.1. The molecule has 37 heavy (non-hydrogen) atoms. The number of likely N-dealkylation sites (N-methyl/N-ethyl adjacent to an activating group) is 1. The van der Waals surface area contributed by atoms with E-state index in [4.69, 9.17) is 4.74 Å². The zero-order valence-electron chi connectivity index (χ0n) is 22.0. The number of anilines is 1. The van der Waals surface area contributed by atoms with Crippen LogP contribution in [0.5, 0.6) is 5.75 Å². The van der Waals surface area contributed by atoms with Gasteiger partial charge in [-0.3, -0.25) is 9.52 Å². The van der Waals surface area contributed by atoms with Gasteiger partial charge in [-0.15, -0.1) is 0 Å². The highest BCUT2D eigenvalue weighted by Crippen LogP contribution is 2.36.